The highest BCUT2D eigenvalue weighted by atomic mass is 16.5. The Bertz CT molecular complexity index is 651. The van der Waals surface area contributed by atoms with Crippen LogP contribution in [-0.4, -0.2) is 60.5 Å². The maximum absolute atomic E-state index is 13.1. The van der Waals surface area contributed by atoms with E-state index < -0.39 is 12.0 Å². The van der Waals surface area contributed by atoms with Gasteiger partial charge in [-0.2, -0.15) is 0 Å². The van der Waals surface area contributed by atoms with E-state index in [2.05, 4.69) is 4.98 Å². The Balaban J connectivity index is 3.06. The molecule has 26 heavy (non-hydrogen) atoms. The summed E-state index contributed by atoms with van der Waals surface area (Å²) < 4.78 is 10.1. The number of Topliss-reactive ketones (excluding diaryl/α,β-unsaturated/α-hetero) is 1. The van der Waals surface area contributed by atoms with Gasteiger partial charge in [0.15, 0.2) is 5.78 Å². The number of esters is 1. The number of aromatic nitrogens is 1. The molecule has 0 aromatic carbocycles. The lowest BCUT2D eigenvalue weighted by atomic mass is 9.99. The van der Waals surface area contributed by atoms with E-state index in [0.717, 1.165) is 0 Å². The second kappa shape index (κ2) is 10.1. The molecule has 1 N–H and O–H groups in total. The molecule has 1 heterocycles. The molecule has 1 aromatic heterocycles. The van der Waals surface area contributed by atoms with Gasteiger partial charge in [-0.3, -0.25) is 9.59 Å². The van der Waals surface area contributed by atoms with E-state index >= 15 is 0 Å². The average molecular weight is 366 g/mol. The zero-order valence-electron chi connectivity index (χ0n) is 16.6. The van der Waals surface area contributed by atoms with Gasteiger partial charge in [0.1, 0.15) is 5.69 Å². The van der Waals surface area contributed by atoms with Crippen LogP contribution < -0.4 is 0 Å². The minimum absolute atomic E-state index is 0.0821. The molecule has 0 radical (unpaired) electrons. The van der Waals surface area contributed by atoms with Crippen molar-refractivity contribution in [1.82, 2.24) is 9.88 Å². The fraction of sp³-hybridized carbons (Fsp3) is 0.632. The molecule has 0 spiro atoms. The van der Waals surface area contributed by atoms with E-state index in [1.807, 2.05) is 6.92 Å². The molecular formula is C19H30N2O5. The lowest BCUT2D eigenvalue weighted by Crippen LogP contribution is -2.44. The van der Waals surface area contributed by atoms with Gasteiger partial charge in [0.25, 0.3) is 0 Å². The number of hydrogen-bond acceptors (Lipinski definition) is 5. The number of carbonyl (C=O) groups is 3. The largest absolute Gasteiger partial charge is 0.464 e. The monoisotopic (exact) mass is 366 g/mol. The van der Waals surface area contributed by atoms with Crippen molar-refractivity contribution in [3.05, 3.63) is 22.5 Å². The Labute approximate surface area is 155 Å². The maximum atomic E-state index is 13.1. The van der Waals surface area contributed by atoms with Crippen molar-refractivity contribution in [3.8, 4) is 0 Å². The number of nitrogens with zero attached hydrogens (tertiary/aromatic N) is 1. The van der Waals surface area contributed by atoms with Crippen molar-refractivity contribution in [2.75, 3.05) is 26.9 Å². The Morgan fingerprint density at radius 1 is 1.19 bits per heavy atom. The van der Waals surface area contributed by atoms with Gasteiger partial charge in [0.2, 0.25) is 5.91 Å². The van der Waals surface area contributed by atoms with Crippen LogP contribution in [0, 0.1) is 13.8 Å². The first-order valence-electron chi connectivity index (χ1n) is 8.98. The SMILES string of the molecule is CCOCCCN(C(=O)CC)C(C)C(=O)c1c(C)[nH]c(C(=O)OC)c1C. The molecule has 146 valence electrons. The number of ether oxygens (including phenoxy) is 2. The van der Waals surface area contributed by atoms with Crippen LogP contribution >= 0.6 is 0 Å². The number of hydrogen-bond donors (Lipinski definition) is 1. The Hall–Kier alpha value is -2.15. The van der Waals surface area contributed by atoms with Crippen LogP contribution in [0.4, 0.5) is 0 Å². The lowest BCUT2D eigenvalue weighted by molar-refractivity contribution is -0.132. The summed E-state index contributed by atoms with van der Waals surface area (Å²) in [6.07, 6.45) is 0.987. The number of rotatable bonds is 10. The van der Waals surface area contributed by atoms with Gasteiger partial charge in [-0.15, -0.1) is 0 Å². The number of nitrogens with one attached hydrogen (secondary N) is 1. The lowest BCUT2D eigenvalue weighted by Gasteiger charge is -2.28. The molecule has 7 heteroatoms. The number of aromatic amines is 1. The molecule has 0 bridgehead atoms. The molecule has 1 amide bonds. The molecule has 1 aromatic rings. The number of H-pyrrole nitrogens is 1. The second-order valence-electron chi connectivity index (χ2n) is 6.15. The molecule has 7 nitrogen and oxygen atoms in total. The molecule has 0 aliphatic heterocycles. The van der Waals surface area contributed by atoms with Crippen LogP contribution in [0.25, 0.3) is 0 Å². The summed E-state index contributed by atoms with van der Waals surface area (Å²) >= 11 is 0. The van der Waals surface area contributed by atoms with Gasteiger partial charge in [-0.1, -0.05) is 6.92 Å². The highest BCUT2D eigenvalue weighted by molar-refractivity contribution is 6.06. The minimum Gasteiger partial charge on any atom is -0.464 e. The quantitative estimate of drug-likeness (QED) is 0.391. The maximum Gasteiger partial charge on any atom is 0.354 e. The van der Waals surface area contributed by atoms with Crippen LogP contribution in [0.3, 0.4) is 0 Å². The van der Waals surface area contributed by atoms with Crippen molar-refractivity contribution in [3.63, 3.8) is 0 Å². The van der Waals surface area contributed by atoms with E-state index in [4.69, 9.17) is 9.47 Å². The van der Waals surface area contributed by atoms with Crippen molar-refractivity contribution < 1.29 is 23.9 Å². The fourth-order valence-corrected chi connectivity index (χ4v) is 2.99. The standard InChI is InChI=1S/C19H30N2O5/c1-7-15(22)21(10-9-11-26-8-2)14(5)18(23)16-12(3)17(19(24)25-6)20-13(16)4/h14,20H,7-11H2,1-6H3. The van der Waals surface area contributed by atoms with Crippen molar-refractivity contribution in [1.29, 1.82) is 0 Å². The third-order valence-corrected chi connectivity index (χ3v) is 4.43. The molecule has 0 aliphatic rings. The second-order valence-corrected chi connectivity index (χ2v) is 6.15. The van der Waals surface area contributed by atoms with Gasteiger partial charge in [0, 0.05) is 37.4 Å². The van der Waals surface area contributed by atoms with Gasteiger partial charge >= 0.3 is 5.97 Å². The minimum atomic E-state index is -0.622. The third-order valence-electron chi connectivity index (χ3n) is 4.43. The average Bonchev–Trinajstić information content (AvgIpc) is 2.93. The summed E-state index contributed by atoms with van der Waals surface area (Å²) in [5, 5.41) is 0. The zero-order valence-corrected chi connectivity index (χ0v) is 16.6. The van der Waals surface area contributed by atoms with Gasteiger partial charge in [-0.25, -0.2) is 4.79 Å². The molecular weight excluding hydrogens is 336 g/mol. The first kappa shape index (κ1) is 21.9. The number of amides is 1. The third kappa shape index (κ3) is 4.94. The summed E-state index contributed by atoms with van der Waals surface area (Å²) in [5.74, 6) is -0.790. The van der Waals surface area contributed by atoms with Crippen LogP contribution in [-0.2, 0) is 14.3 Å². The summed E-state index contributed by atoms with van der Waals surface area (Å²) in [6.45, 7) is 10.5. The van der Waals surface area contributed by atoms with Crippen LogP contribution in [0.2, 0.25) is 0 Å². The first-order chi connectivity index (χ1) is 12.3. The summed E-state index contributed by atoms with van der Waals surface area (Å²) in [5.41, 5.74) is 1.85. The summed E-state index contributed by atoms with van der Waals surface area (Å²) in [4.78, 5) is 41.7. The van der Waals surface area contributed by atoms with Crippen LogP contribution in [0.5, 0.6) is 0 Å². The highest BCUT2D eigenvalue weighted by Gasteiger charge is 2.30. The molecule has 1 unspecified atom stereocenters. The first-order valence-corrected chi connectivity index (χ1v) is 8.98. The van der Waals surface area contributed by atoms with E-state index in [1.54, 1.807) is 32.6 Å². The number of methoxy groups -OCH3 is 1. The summed E-state index contributed by atoms with van der Waals surface area (Å²) in [7, 11) is 1.29. The zero-order chi connectivity index (χ0) is 19.9. The van der Waals surface area contributed by atoms with Gasteiger partial charge < -0.3 is 19.4 Å². The molecule has 1 atom stereocenters. The smallest absolute Gasteiger partial charge is 0.354 e. The number of aryl methyl sites for hydroxylation is 1. The molecule has 0 aliphatic carbocycles. The van der Waals surface area contributed by atoms with Crippen LogP contribution in [0.15, 0.2) is 0 Å². The molecule has 0 fully saturated rings. The normalized spacial score (nSPS) is 11.9. The van der Waals surface area contributed by atoms with E-state index in [-0.39, 0.29) is 17.4 Å². The Morgan fingerprint density at radius 2 is 1.85 bits per heavy atom. The van der Waals surface area contributed by atoms with E-state index in [0.29, 0.717) is 49.4 Å². The Morgan fingerprint density at radius 3 is 2.38 bits per heavy atom. The fourth-order valence-electron chi connectivity index (χ4n) is 2.99. The van der Waals surface area contributed by atoms with Crippen molar-refractivity contribution in [2.45, 2.75) is 53.5 Å². The number of carbonyl (C=O) groups excluding carboxylic acids is 3. The number of ketones is 1. The summed E-state index contributed by atoms with van der Waals surface area (Å²) in [6, 6.07) is -0.622. The predicted octanol–water partition coefficient (Wildman–Crippen LogP) is 2.65. The van der Waals surface area contributed by atoms with Gasteiger partial charge in [-0.05, 0) is 39.7 Å². The highest BCUT2D eigenvalue weighted by Crippen LogP contribution is 2.22. The van der Waals surface area contributed by atoms with Crippen LogP contribution in [0.1, 0.15) is 65.7 Å². The van der Waals surface area contributed by atoms with E-state index in [1.165, 1.54) is 7.11 Å². The molecule has 1 rings (SSSR count). The predicted molar refractivity (Wildman–Crippen MR) is 98.5 cm³/mol. The topological polar surface area (TPSA) is 88.7 Å². The molecule has 0 saturated carbocycles. The Kier molecular flexibility index (Phi) is 8.51. The van der Waals surface area contributed by atoms with E-state index in [9.17, 15) is 14.4 Å². The molecule has 0 saturated heterocycles. The van der Waals surface area contributed by atoms with Crippen molar-refractivity contribution >= 4 is 17.7 Å². The van der Waals surface area contributed by atoms with Gasteiger partial charge in [0.05, 0.1) is 13.2 Å². The van der Waals surface area contributed by atoms with Crippen molar-refractivity contribution in [2.24, 2.45) is 0 Å².